The van der Waals surface area contributed by atoms with Gasteiger partial charge < -0.3 is 0 Å². The van der Waals surface area contributed by atoms with Gasteiger partial charge in [0.25, 0.3) is 0 Å². The van der Waals surface area contributed by atoms with E-state index in [9.17, 15) is 0 Å². The molecule has 2 heteroatoms. The maximum Gasteiger partial charge on any atom is 0.0540 e. The maximum absolute atomic E-state index is 4.54. The molecule has 0 atom stereocenters. The van der Waals surface area contributed by atoms with Gasteiger partial charge in [0.2, 0.25) is 0 Å². The topological polar surface area (TPSA) is 0 Å². The van der Waals surface area contributed by atoms with Crippen LogP contribution in [0.1, 0.15) is 52.2 Å². The Morgan fingerprint density at radius 2 is 1.19 bits per heavy atom. The Morgan fingerprint density at radius 1 is 0.611 bits per heavy atom. The lowest BCUT2D eigenvalue weighted by Gasteiger charge is -2.11. The zero-order valence-corrected chi connectivity index (χ0v) is 33.5. The quantitative estimate of drug-likeness (QED) is 0.136. The smallest absolute Gasteiger partial charge is 0.0540 e. The van der Waals surface area contributed by atoms with E-state index in [1.165, 1.54) is 72.9 Å². The van der Waals surface area contributed by atoms with Crippen LogP contribution in [0.25, 0.3) is 75.1 Å². The first kappa shape index (κ1) is 36.8. The fourth-order valence-corrected chi connectivity index (χ4v) is 10.0. The molecule has 7 rings (SSSR count). The molecule has 0 aliphatic heterocycles. The largest absolute Gasteiger partial charge is 0.134 e. The summed E-state index contributed by atoms with van der Waals surface area (Å²) in [6.45, 7) is 19.5. The van der Waals surface area contributed by atoms with Crippen molar-refractivity contribution in [3.05, 3.63) is 190 Å². The van der Waals surface area contributed by atoms with E-state index in [2.05, 4.69) is 180 Å². The molecule has 0 N–H and O–H groups in total. The Balaban J connectivity index is 1.36. The molecule has 5 aromatic carbocycles. The predicted molar refractivity (Wildman–Crippen MR) is 246 cm³/mol. The van der Waals surface area contributed by atoms with E-state index in [1.54, 1.807) is 0 Å². The molecule has 0 fully saturated rings. The minimum absolute atomic E-state index is 0.828. The molecule has 0 radical (unpaired) electrons. The molecule has 2 aromatic heterocycles. The van der Waals surface area contributed by atoms with E-state index in [1.807, 2.05) is 41.7 Å². The Kier molecular flexibility index (Phi) is 11.1. The Morgan fingerprint density at radius 3 is 1.85 bits per heavy atom. The molecule has 0 amide bonds. The van der Waals surface area contributed by atoms with Crippen LogP contribution < -0.4 is 9.75 Å². The Hall–Kier alpha value is -5.54. The fourth-order valence-electron chi connectivity index (χ4n) is 7.49. The maximum atomic E-state index is 4.54. The van der Waals surface area contributed by atoms with E-state index in [-0.39, 0.29) is 0 Å². The number of benzene rings is 4. The van der Waals surface area contributed by atoms with Crippen molar-refractivity contribution in [3.8, 4) is 0 Å². The predicted octanol–water partition coefficient (Wildman–Crippen LogP) is 14.8. The number of thiophene rings is 2. The van der Waals surface area contributed by atoms with Crippen LogP contribution in [-0.2, 0) is 0 Å². The molecule has 0 saturated heterocycles. The molecule has 0 nitrogen and oxygen atoms in total. The number of hydrogen-bond acceptors (Lipinski definition) is 2. The van der Waals surface area contributed by atoms with Crippen LogP contribution in [-0.4, -0.2) is 0 Å². The van der Waals surface area contributed by atoms with E-state index in [0.29, 0.717) is 0 Å². The number of fused-ring (bicyclic) bond motifs is 9. The van der Waals surface area contributed by atoms with Crippen LogP contribution in [0.5, 0.6) is 0 Å². The molecule has 0 saturated carbocycles. The van der Waals surface area contributed by atoms with E-state index in [0.717, 1.165) is 34.1 Å². The van der Waals surface area contributed by atoms with Crippen molar-refractivity contribution in [2.45, 2.75) is 41.0 Å². The summed E-state index contributed by atoms with van der Waals surface area (Å²) in [5, 5.41) is 10.5. The minimum atomic E-state index is 0.828. The van der Waals surface area contributed by atoms with Gasteiger partial charge in [0.15, 0.2) is 0 Å². The highest BCUT2D eigenvalue weighted by molar-refractivity contribution is 7.31. The summed E-state index contributed by atoms with van der Waals surface area (Å²) in [5.41, 5.74) is 7.82. The molecule has 0 unspecified atom stereocenters. The Bertz CT molecular complexity index is 2930. The summed E-state index contributed by atoms with van der Waals surface area (Å²) in [5.74, 6) is 0. The summed E-state index contributed by atoms with van der Waals surface area (Å²) in [6.07, 6.45) is 16.4. The van der Waals surface area contributed by atoms with E-state index >= 15 is 0 Å². The van der Waals surface area contributed by atoms with Gasteiger partial charge in [-0.05, 0) is 113 Å². The van der Waals surface area contributed by atoms with Gasteiger partial charge in [-0.15, -0.1) is 22.7 Å². The van der Waals surface area contributed by atoms with Crippen molar-refractivity contribution < 1.29 is 0 Å². The molecule has 0 bridgehead atoms. The first-order chi connectivity index (χ1) is 26.3. The van der Waals surface area contributed by atoms with Crippen LogP contribution in [0.2, 0.25) is 0 Å². The molecule has 54 heavy (non-hydrogen) atoms. The summed E-state index contributed by atoms with van der Waals surface area (Å²) >= 11 is 3.86. The zero-order chi connectivity index (χ0) is 37.8. The molecule has 0 aliphatic rings. The highest BCUT2D eigenvalue weighted by atomic mass is 32.1. The van der Waals surface area contributed by atoms with Gasteiger partial charge in [0, 0.05) is 25.4 Å². The summed E-state index contributed by atoms with van der Waals surface area (Å²) in [4.78, 5) is 0. The summed E-state index contributed by atoms with van der Waals surface area (Å²) in [7, 11) is 0. The second-order valence-corrected chi connectivity index (χ2v) is 15.8. The van der Waals surface area contributed by atoms with Gasteiger partial charge >= 0.3 is 0 Å². The number of allylic oxidation sites excluding steroid dienone is 10. The van der Waals surface area contributed by atoms with Crippen molar-refractivity contribution in [3.63, 3.8) is 0 Å². The van der Waals surface area contributed by atoms with Gasteiger partial charge in [0.1, 0.15) is 0 Å². The van der Waals surface area contributed by atoms with Crippen molar-refractivity contribution in [2.75, 3.05) is 0 Å². The van der Waals surface area contributed by atoms with Crippen LogP contribution in [0.4, 0.5) is 0 Å². The second kappa shape index (κ2) is 16.2. The van der Waals surface area contributed by atoms with Crippen molar-refractivity contribution in [2.24, 2.45) is 0 Å². The van der Waals surface area contributed by atoms with Crippen molar-refractivity contribution in [1.82, 2.24) is 0 Å². The van der Waals surface area contributed by atoms with Crippen LogP contribution in [0.3, 0.4) is 0 Å². The summed E-state index contributed by atoms with van der Waals surface area (Å²) in [6, 6.07) is 39.4. The highest BCUT2D eigenvalue weighted by Crippen LogP contribution is 2.44. The Labute approximate surface area is 327 Å². The molecular weight excluding hydrogens is 689 g/mol. The summed E-state index contributed by atoms with van der Waals surface area (Å²) < 4.78 is 5.47. The standard InChI is InChI=1S/C52H46S2/c1-8-21-34(4)35(5)32-36(6)39-22-13-11-12-14-23-40(42-25-16-15-24-41(39)42)37(7)33-38(9-2)30-31-46-47(10-3)53-51-50(46)44-27-18-17-26-43(44)49-45-28-19-20-29-48(45)54-52(49)51/h8-29,31-33H,4,6,30H2,1-3,5,7H3/b12-11?,13-11?,14-12?,21-8-,22-13?,23-14?,35-32-,37-33+,38-9-,39-22?,40-23?,41-39?,42-40?,46-31+,47-10+. The number of rotatable bonds is 8. The third kappa shape index (κ3) is 7.08. The van der Waals surface area contributed by atoms with Gasteiger partial charge in [-0.2, -0.15) is 0 Å². The molecule has 266 valence electrons. The van der Waals surface area contributed by atoms with Gasteiger partial charge in [0.05, 0.1) is 9.40 Å². The third-order valence-corrected chi connectivity index (χ3v) is 12.8. The average Bonchev–Trinajstić information content (AvgIpc) is 3.77. The van der Waals surface area contributed by atoms with Crippen LogP contribution >= 0.6 is 22.7 Å². The second-order valence-electron chi connectivity index (χ2n) is 13.7. The lowest BCUT2D eigenvalue weighted by atomic mass is 9.94. The minimum Gasteiger partial charge on any atom is -0.134 e. The van der Waals surface area contributed by atoms with E-state index in [4.69, 9.17) is 0 Å². The first-order valence-electron chi connectivity index (χ1n) is 18.6. The monoisotopic (exact) mass is 734 g/mol. The lowest BCUT2D eigenvalue weighted by Crippen LogP contribution is -2.18. The van der Waals surface area contributed by atoms with Gasteiger partial charge in [-0.3, -0.25) is 0 Å². The normalized spacial score (nSPS) is 13.6. The van der Waals surface area contributed by atoms with Crippen LogP contribution in [0, 0.1) is 0 Å². The first-order valence-corrected chi connectivity index (χ1v) is 20.3. The fraction of sp³-hybridized carbons (Fsp3) is 0.115. The van der Waals surface area contributed by atoms with Crippen LogP contribution in [0.15, 0.2) is 169 Å². The van der Waals surface area contributed by atoms with Gasteiger partial charge in [-0.25, -0.2) is 0 Å². The highest BCUT2D eigenvalue weighted by Gasteiger charge is 2.17. The van der Waals surface area contributed by atoms with E-state index < -0.39 is 0 Å². The van der Waals surface area contributed by atoms with Gasteiger partial charge in [-0.1, -0.05) is 159 Å². The number of hydrogen-bond donors (Lipinski definition) is 0. The molecular formula is C52H46S2. The van der Waals surface area contributed by atoms with Crippen molar-refractivity contribution >= 4 is 97.8 Å². The molecule has 7 aromatic rings. The molecule has 0 aliphatic carbocycles. The average molecular weight is 735 g/mol. The third-order valence-electron chi connectivity index (χ3n) is 10.2. The van der Waals surface area contributed by atoms with Crippen molar-refractivity contribution in [1.29, 1.82) is 0 Å². The molecule has 2 heterocycles. The SMILES string of the molecule is C=C(/C=C\C)/C(C)=C\C(=C)c1ccccccc(/C(C)=C/C(=C\C)C/C=c2\c(=C/C)sc3c4sc5ccccc5c4c4ccccc4c23)c2ccccc12. The lowest BCUT2D eigenvalue weighted by molar-refractivity contribution is 1.32. The zero-order valence-electron chi connectivity index (χ0n) is 31.9. The molecule has 0 spiro atoms.